The molecule has 0 aromatic heterocycles. The predicted octanol–water partition coefficient (Wildman–Crippen LogP) is 1.73. The maximum Gasteiger partial charge on any atom is 0.331 e. The Morgan fingerprint density at radius 2 is 1.23 bits per heavy atom. The maximum atomic E-state index is 11.3. The minimum atomic E-state index is -0.709. The Labute approximate surface area is 132 Å². The fraction of sp³-hybridized carbons (Fsp3) is 0.750. The number of aliphatic hydroxyl groups is 2. The van der Waals surface area contributed by atoms with E-state index in [2.05, 4.69) is 0 Å². The van der Waals surface area contributed by atoms with Gasteiger partial charge in [-0.25, -0.2) is 9.59 Å². The molecule has 128 valence electrons. The molecule has 0 aromatic carbocycles. The minimum Gasteiger partial charge on any atom is -0.460 e. The lowest BCUT2D eigenvalue weighted by Crippen LogP contribution is -2.18. The number of carbonyl (C=O) groups is 2. The van der Waals surface area contributed by atoms with Crippen molar-refractivity contribution >= 4 is 11.9 Å². The number of hydrogen-bond acceptors (Lipinski definition) is 6. The van der Waals surface area contributed by atoms with E-state index in [1.54, 1.807) is 0 Å². The van der Waals surface area contributed by atoms with Gasteiger partial charge in [-0.2, -0.15) is 0 Å². The first kappa shape index (κ1) is 20.6. The molecule has 2 unspecified atom stereocenters. The molecule has 0 aliphatic carbocycles. The number of hydrogen-bond donors (Lipinski definition) is 2. The first-order valence-corrected chi connectivity index (χ1v) is 7.87. The van der Waals surface area contributed by atoms with Crippen LogP contribution in [0.1, 0.15) is 52.4 Å². The lowest BCUT2D eigenvalue weighted by atomic mass is 10.2. The molecule has 2 atom stereocenters. The molecule has 6 heteroatoms. The number of ether oxygens (including phenoxy) is 2. The highest BCUT2D eigenvalue weighted by atomic mass is 16.5. The van der Waals surface area contributed by atoms with Gasteiger partial charge in [0.15, 0.2) is 0 Å². The van der Waals surface area contributed by atoms with Crippen molar-refractivity contribution in [3.8, 4) is 0 Å². The third-order valence-corrected chi connectivity index (χ3v) is 2.97. The van der Waals surface area contributed by atoms with Crippen LogP contribution in [0.15, 0.2) is 12.2 Å². The summed E-state index contributed by atoms with van der Waals surface area (Å²) in [7, 11) is 0. The van der Waals surface area contributed by atoms with Gasteiger partial charge in [0.2, 0.25) is 0 Å². The normalized spacial score (nSPS) is 13.8. The molecule has 6 nitrogen and oxygen atoms in total. The van der Waals surface area contributed by atoms with Crippen LogP contribution in [0.2, 0.25) is 0 Å². The Bertz CT molecular complexity index is 308. The van der Waals surface area contributed by atoms with Gasteiger partial charge in [0.05, 0.1) is 12.2 Å². The van der Waals surface area contributed by atoms with Crippen molar-refractivity contribution in [2.75, 3.05) is 13.2 Å². The molecule has 0 saturated heterocycles. The molecule has 0 aromatic rings. The Kier molecular flexibility index (Phi) is 12.4. The standard InChI is InChI=1S/C16H28O6/c1-3-5-7-13(17)11-21-15(19)9-10-16(20)22-12-14(18)8-6-4-2/h9-10,13-14,17-18H,3-8,11-12H2,1-2H3/b10-9+. The summed E-state index contributed by atoms with van der Waals surface area (Å²) in [5.41, 5.74) is 0. The first-order valence-electron chi connectivity index (χ1n) is 7.87. The highest BCUT2D eigenvalue weighted by Crippen LogP contribution is 2.02. The number of esters is 2. The van der Waals surface area contributed by atoms with Gasteiger partial charge in [-0.05, 0) is 12.8 Å². The Morgan fingerprint density at radius 1 is 0.864 bits per heavy atom. The number of carbonyl (C=O) groups excluding carboxylic acids is 2. The number of aliphatic hydroxyl groups excluding tert-OH is 2. The quantitative estimate of drug-likeness (QED) is 0.421. The van der Waals surface area contributed by atoms with E-state index in [-0.39, 0.29) is 13.2 Å². The molecular formula is C16H28O6. The van der Waals surface area contributed by atoms with E-state index in [1.165, 1.54) is 0 Å². The van der Waals surface area contributed by atoms with E-state index in [4.69, 9.17) is 9.47 Å². The maximum absolute atomic E-state index is 11.3. The second-order valence-electron chi connectivity index (χ2n) is 5.19. The summed E-state index contributed by atoms with van der Waals surface area (Å²) < 4.78 is 9.59. The Hall–Kier alpha value is -1.40. The monoisotopic (exact) mass is 316 g/mol. The Balaban J connectivity index is 3.84. The van der Waals surface area contributed by atoms with Crippen LogP contribution >= 0.6 is 0 Å². The van der Waals surface area contributed by atoms with Crippen LogP contribution in [0.5, 0.6) is 0 Å². The third-order valence-electron chi connectivity index (χ3n) is 2.97. The van der Waals surface area contributed by atoms with E-state index in [0.717, 1.165) is 37.8 Å². The van der Waals surface area contributed by atoms with Gasteiger partial charge in [-0.3, -0.25) is 0 Å². The van der Waals surface area contributed by atoms with E-state index < -0.39 is 24.1 Å². The van der Waals surface area contributed by atoms with Crippen LogP contribution in [0, 0.1) is 0 Å². The molecule has 0 radical (unpaired) electrons. The third kappa shape index (κ3) is 12.3. The van der Waals surface area contributed by atoms with Gasteiger partial charge in [0.1, 0.15) is 13.2 Å². The molecule has 0 saturated carbocycles. The lowest BCUT2D eigenvalue weighted by Gasteiger charge is -2.10. The molecular weight excluding hydrogens is 288 g/mol. The van der Waals surface area contributed by atoms with Gasteiger partial charge in [0, 0.05) is 12.2 Å². The fourth-order valence-electron chi connectivity index (χ4n) is 1.64. The van der Waals surface area contributed by atoms with Gasteiger partial charge < -0.3 is 19.7 Å². The zero-order valence-electron chi connectivity index (χ0n) is 13.5. The van der Waals surface area contributed by atoms with Gasteiger partial charge in [-0.1, -0.05) is 39.5 Å². The fourth-order valence-corrected chi connectivity index (χ4v) is 1.64. The highest BCUT2D eigenvalue weighted by Gasteiger charge is 2.08. The highest BCUT2D eigenvalue weighted by molar-refractivity contribution is 5.91. The van der Waals surface area contributed by atoms with E-state index >= 15 is 0 Å². The molecule has 0 aliphatic heterocycles. The van der Waals surface area contributed by atoms with Gasteiger partial charge >= 0.3 is 11.9 Å². The topological polar surface area (TPSA) is 93.1 Å². The average molecular weight is 316 g/mol. The molecule has 0 aliphatic rings. The molecule has 22 heavy (non-hydrogen) atoms. The van der Waals surface area contributed by atoms with Crippen molar-refractivity contribution in [1.82, 2.24) is 0 Å². The average Bonchev–Trinajstić information content (AvgIpc) is 2.52. The predicted molar refractivity (Wildman–Crippen MR) is 82.1 cm³/mol. The van der Waals surface area contributed by atoms with Crippen LogP contribution in [0.3, 0.4) is 0 Å². The smallest absolute Gasteiger partial charge is 0.331 e. The molecule has 0 bridgehead atoms. The zero-order valence-corrected chi connectivity index (χ0v) is 13.5. The van der Waals surface area contributed by atoms with Crippen molar-refractivity contribution in [2.24, 2.45) is 0 Å². The zero-order chi connectivity index (χ0) is 16.8. The van der Waals surface area contributed by atoms with Crippen LogP contribution in [0.4, 0.5) is 0 Å². The second-order valence-corrected chi connectivity index (χ2v) is 5.19. The van der Waals surface area contributed by atoms with E-state index in [0.29, 0.717) is 12.8 Å². The Morgan fingerprint density at radius 3 is 1.55 bits per heavy atom. The van der Waals surface area contributed by atoms with E-state index in [9.17, 15) is 19.8 Å². The molecule has 0 rings (SSSR count). The summed E-state index contributed by atoms with van der Waals surface area (Å²) in [5.74, 6) is -1.42. The number of rotatable bonds is 12. The second kappa shape index (κ2) is 13.3. The van der Waals surface area contributed by atoms with Crippen molar-refractivity contribution in [3.63, 3.8) is 0 Å². The molecule has 0 heterocycles. The van der Waals surface area contributed by atoms with Crippen molar-refractivity contribution in [3.05, 3.63) is 12.2 Å². The summed E-state index contributed by atoms with van der Waals surface area (Å²) in [6.45, 7) is 3.83. The summed E-state index contributed by atoms with van der Waals surface area (Å²) >= 11 is 0. The molecule has 0 fully saturated rings. The molecule has 2 N–H and O–H groups in total. The van der Waals surface area contributed by atoms with Crippen LogP contribution in [-0.4, -0.2) is 47.6 Å². The van der Waals surface area contributed by atoms with Gasteiger partial charge in [-0.15, -0.1) is 0 Å². The minimum absolute atomic E-state index is 0.0893. The largest absolute Gasteiger partial charge is 0.460 e. The van der Waals surface area contributed by atoms with Crippen LogP contribution in [-0.2, 0) is 19.1 Å². The first-order chi connectivity index (χ1) is 10.5. The van der Waals surface area contributed by atoms with Crippen molar-refractivity contribution in [1.29, 1.82) is 0 Å². The van der Waals surface area contributed by atoms with Crippen LogP contribution in [0.25, 0.3) is 0 Å². The molecule has 0 amide bonds. The van der Waals surface area contributed by atoms with Crippen molar-refractivity contribution < 1.29 is 29.3 Å². The SMILES string of the molecule is CCCCC(O)COC(=O)/C=C/C(=O)OCC(O)CCCC. The van der Waals surface area contributed by atoms with Crippen molar-refractivity contribution in [2.45, 2.75) is 64.6 Å². The summed E-state index contributed by atoms with van der Waals surface area (Å²) in [6, 6.07) is 0. The van der Waals surface area contributed by atoms with Crippen LogP contribution < -0.4 is 0 Å². The number of unbranched alkanes of at least 4 members (excludes halogenated alkanes) is 2. The summed E-state index contributed by atoms with van der Waals surface area (Å²) in [5, 5.41) is 19.0. The summed E-state index contributed by atoms with van der Waals surface area (Å²) in [6.07, 6.45) is 5.33. The van der Waals surface area contributed by atoms with E-state index in [1.807, 2.05) is 13.8 Å². The lowest BCUT2D eigenvalue weighted by molar-refractivity contribution is -0.143. The summed E-state index contributed by atoms with van der Waals surface area (Å²) in [4.78, 5) is 22.7. The van der Waals surface area contributed by atoms with Gasteiger partial charge in [0.25, 0.3) is 0 Å². The molecule has 0 spiro atoms.